The number of aromatic nitrogens is 4. The zero-order valence-corrected chi connectivity index (χ0v) is 15.3. The van der Waals surface area contributed by atoms with Crippen LogP contribution in [0.3, 0.4) is 0 Å². The van der Waals surface area contributed by atoms with Gasteiger partial charge in [0.15, 0.2) is 0 Å². The zero-order chi connectivity index (χ0) is 19.0. The van der Waals surface area contributed by atoms with Crippen LogP contribution in [0.15, 0.2) is 28.7 Å². The van der Waals surface area contributed by atoms with E-state index in [1.165, 1.54) is 18.2 Å². The van der Waals surface area contributed by atoms with Gasteiger partial charge in [-0.3, -0.25) is 0 Å². The monoisotopic (exact) mass is 368 g/mol. The van der Waals surface area contributed by atoms with Crippen molar-refractivity contribution in [3.8, 4) is 11.3 Å². The van der Waals surface area contributed by atoms with Gasteiger partial charge in [0.1, 0.15) is 11.6 Å². The number of fused-ring (bicyclic) bond motifs is 5. The average molecular weight is 368 g/mol. The Labute approximate surface area is 154 Å². The molecule has 0 saturated heterocycles. The summed E-state index contributed by atoms with van der Waals surface area (Å²) < 4.78 is 34.3. The smallest absolute Gasteiger partial charge is 0.229 e. The second kappa shape index (κ2) is 5.18. The van der Waals surface area contributed by atoms with E-state index >= 15 is 0 Å². The first kappa shape index (κ1) is 16.5. The van der Waals surface area contributed by atoms with Crippen molar-refractivity contribution in [2.75, 3.05) is 0 Å². The molecule has 27 heavy (non-hydrogen) atoms. The molecule has 0 unspecified atom stereocenters. The summed E-state index contributed by atoms with van der Waals surface area (Å²) in [6.45, 7) is 6.09. The third-order valence-electron chi connectivity index (χ3n) is 6.49. The van der Waals surface area contributed by atoms with Crippen molar-refractivity contribution in [3.05, 3.63) is 58.9 Å². The Morgan fingerprint density at radius 1 is 1.07 bits per heavy atom. The Morgan fingerprint density at radius 3 is 2.48 bits per heavy atom. The van der Waals surface area contributed by atoms with Crippen molar-refractivity contribution in [2.24, 2.45) is 5.41 Å². The van der Waals surface area contributed by atoms with E-state index < -0.39 is 17.0 Å². The molecule has 0 radical (unpaired) electrons. The highest BCUT2D eigenvalue weighted by Gasteiger charge is 2.67. The van der Waals surface area contributed by atoms with Gasteiger partial charge in [0, 0.05) is 6.92 Å². The van der Waals surface area contributed by atoms with Crippen LogP contribution in [0.2, 0.25) is 0 Å². The van der Waals surface area contributed by atoms with Crippen LogP contribution in [-0.2, 0) is 5.41 Å². The van der Waals surface area contributed by atoms with Crippen LogP contribution < -0.4 is 0 Å². The molecule has 0 amide bonds. The lowest BCUT2D eigenvalue weighted by Crippen LogP contribution is -2.37. The van der Waals surface area contributed by atoms with Crippen molar-refractivity contribution in [1.29, 1.82) is 0 Å². The number of benzene rings is 1. The molecule has 0 N–H and O–H groups in total. The predicted molar refractivity (Wildman–Crippen MR) is 93.0 cm³/mol. The normalized spacial score (nSPS) is 25.0. The summed E-state index contributed by atoms with van der Waals surface area (Å²) in [6, 6.07) is 5.57. The van der Waals surface area contributed by atoms with E-state index in [2.05, 4.69) is 34.2 Å². The molecule has 1 fully saturated rings. The topological polar surface area (TPSA) is 64.7 Å². The Balaban J connectivity index is 1.73. The third-order valence-corrected chi connectivity index (χ3v) is 6.49. The maximum atomic E-state index is 14.2. The van der Waals surface area contributed by atoms with Crippen LogP contribution in [-0.4, -0.2) is 20.4 Å². The molecule has 1 saturated carbocycles. The number of hydrogen-bond acceptors (Lipinski definition) is 5. The maximum Gasteiger partial charge on any atom is 0.229 e. The molecule has 2 atom stereocenters. The SMILES string of the molecule is Cc1nnc([C@]23CC[C@H](c4cc(-c5c(F)cccc5F)nnc42)C3(C)C)o1. The maximum absolute atomic E-state index is 14.2. The molecule has 5 nitrogen and oxygen atoms in total. The van der Waals surface area contributed by atoms with Crippen molar-refractivity contribution < 1.29 is 13.2 Å². The zero-order valence-electron chi connectivity index (χ0n) is 15.3. The number of rotatable bonds is 2. The predicted octanol–water partition coefficient (Wildman–Crippen LogP) is 4.32. The molecule has 2 aromatic heterocycles. The molecule has 2 aliphatic rings. The molecule has 2 heterocycles. The lowest BCUT2D eigenvalue weighted by Gasteiger charge is -2.34. The quantitative estimate of drug-likeness (QED) is 0.674. The van der Waals surface area contributed by atoms with Gasteiger partial charge in [0.2, 0.25) is 11.8 Å². The molecule has 0 spiro atoms. The Morgan fingerprint density at radius 2 is 1.81 bits per heavy atom. The van der Waals surface area contributed by atoms with Gasteiger partial charge in [0.25, 0.3) is 0 Å². The van der Waals surface area contributed by atoms with E-state index in [9.17, 15) is 8.78 Å². The van der Waals surface area contributed by atoms with Crippen molar-refractivity contribution >= 4 is 0 Å². The van der Waals surface area contributed by atoms with Crippen LogP contribution in [0, 0.1) is 24.0 Å². The highest BCUT2D eigenvalue weighted by Crippen LogP contribution is 2.69. The first-order chi connectivity index (χ1) is 12.9. The summed E-state index contributed by atoms with van der Waals surface area (Å²) in [5.74, 6) is -0.0537. The minimum absolute atomic E-state index is 0.143. The molecule has 1 aromatic carbocycles. The summed E-state index contributed by atoms with van der Waals surface area (Å²) in [5, 5.41) is 16.9. The molecule has 138 valence electrons. The van der Waals surface area contributed by atoms with Gasteiger partial charge in [-0.25, -0.2) is 8.78 Å². The second-order valence-electron chi connectivity index (χ2n) is 7.97. The summed E-state index contributed by atoms with van der Waals surface area (Å²) in [6.07, 6.45) is 1.76. The summed E-state index contributed by atoms with van der Waals surface area (Å²) in [7, 11) is 0. The third kappa shape index (κ3) is 1.91. The van der Waals surface area contributed by atoms with Gasteiger partial charge in [-0.1, -0.05) is 19.9 Å². The average Bonchev–Trinajstić information content (AvgIpc) is 3.22. The second-order valence-corrected chi connectivity index (χ2v) is 7.97. The van der Waals surface area contributed by atoms with E-state index in [-0.39, 0.29) is 22.6 Å². The molecule has 0 aliphatic heterocycles. The largest absolute Gasteiger partial charge is 0.425 e. The number of hydrogen-bond donors (Lipinski definition) is 0. The lowest BCUT2D eigenvalue weighted by atomic mass is 9.68. The summed E-state index contributed by atoms with van der Waals surface area (Å²) in [4.78, 5) is 0. The molecular formula is C20H18F2N4O. The van der Waals surface area contributed by atoms with Gasteiger partial charge in [-0.2, -0.15) is 5.10 Å². The first-order valence-electron chi connectivity index (χ1n) is 8.99. The lowest BCUT2D eigenvalue weighted by molar-refractivity contribution is 0.204. The van der Waals surface area contributed by atoms with Gasteiger partial charge in [0.05, 0.1) is 22.4 Å². The Kier molecular flexibility index (Phi) is 3.16. The molecule has 7 heteroatoms. The summed E-state index contributed by atoms with van der Waals surface area (Å²) >= 11 is 0. The van der Waals surface area contributed by atoms with Gasteiger partial charge < -0.3 is 4.42 Å². The van der Waals surface area contributed by atoms with Crippen LogP contribution in [0.5, 0.6) is 0 Å². The fraction of sp³-hybridized carbons (Fsp3) is 0.400. The fourth-order valence-corrected chi connectivity index (χ4v) is 5.13. The fourth-order valence-electron chi connectivity index (χ4n) is 5.13. The van der Waals surface area contributed by atoms with Crippen molar-refractivity contribution in [3.63, 3.8) is 0 Å². The van der Waals surface area contributed by atoms with E-state index in [4.69, 9.17) is 4.42 Å². The highest BCUT2D eigenvalue weighted by molar-refractivity contribution is 5.63. The van der Waals surface area contributed by atoms with Crippen LogP contribution in [0.4, 0.5) is 8.78 Å². The van der Waals surface area contributed by atoms with Crippen LogP contribution in [0.25, 0.3) is 11.3 Å². The first-order valence-corrected chi connectivity index (χ1v) is 8.99. The minimum atomic E-state index is -0.645. The molecule has 5 rings (SSSR count). The molecule has 2 bridgehead atoms. The van der Waals surface area contributed by atoms with Crippen LogP contribution in [0.1, 0.15) is 55.6 Å². The molecular weight excluding hydrogens is 350 g/mol. The minimum Gasteiger partial charge on any atom is -0.425 e. The number of aryl methyl sites for hydroxylation is 1. The van der Waals surface area contributed by atoms with E-state index in [0.29, 0.717) is 11.8 Å². The Hall–Kier alpha value is -2.70. The summed E-state index contributed by atoms with van der Waals surface area (Å²) in [5.41, 5.74) is 1.09. The van der Waals surface area contributed by atoms with Gasteiger partial charge in [-0.05, 0) is 47.9 Å². The molecule has 2 aliphatic carbocycles. The van der Waals surface area contributed by atoms with Crippen molar-refractivity contribution in [1.82, 2.24) is 20.4 Å². The van der Waals surface area contributed by atoms with Gasteiger partial charge >= 0.3 is 0 Å². The number of nitrogens with zero attached hydrogens (tertiary/aromatic N) is 4. The van der Waals surface area contributed by atoms with Gasteiger partial charge in [-0.15, -0.1) is 15.3 Å². The van der Waals surface area contributed by atoms with E-state index in [0.717, 1.165) is 24.1 Å². The van der Waals surface area contributed by atoms with Crippen LogP contribution >= 0.6 is 0 Å². The number of halogens is 2. The molecule has 3 aromatic rings. The Bertz CT molecular complexity index is 1060. The highest BCUT2D eigenvalue weighted by atomic mass is 19.1. The standard InChI is InChI=1S/C20H18F2N4O/c1-10-23-26-18(27-10)20-8-7-12(19(20,2)3)11-9-15(24-25-17(11)20)16-13(21)5-4-6-14(16)22/h4-6,9,12H,7-8H2,1-3H3/t12-,20+/m1/s1. The van der Waals surface area contributed by atoms with Crippen molar-refractivity contribution in [2.45, 2.75) is 44.9 Å². The van der Waals surface area contributed by atoms with E-state index in [1.807, 2.05) is 0 Å². The van der Waals surface area contributed by atoms with E-state index in [1.54, 1.807) is 13.0 Å².